The van der Waals surface area contributed by atoms with Crippen LogP contribution in [0.3, 0.4) is 0 Å². The Morgan fingerprint density at radius 1 is 1.26 bits per heavy atom. The number of rotatable bonds is 3. The van der Waals surface area contributed by atoms with Gasteiger partial charge in [0.1, 0.15) is 0 Å². The molecule has 0 bridgehead atoms. The van der Waals surface area contributed by atoms with E-state index in [-0.39, 0.29) is 5.78 Å². The zero-order valence-electron chi connectivity index (χ0n) is 11.4. The van der Waals surface area contributed by atoms with Crippen molar-refractivity contribution in [2.45, 2.75) is 26.2 Å². The van der Waals surface area contributed by atoms with Crippen LogP contribution in [0.1, 0.15) is 35.2 Å². The van der Waals surface area contributed by atoms with Crippen molar-refractivity contribution < 1.29 is 4.79 Å². The van der Waals surface area contributed by atoms with Gasteiger partial charge in [0.05, 0.1) is 6.54 Å². The summed E-state index contributed by atoms with van der Waals surface area (Å²) in [5.74, 6) is 0.238. The van der Waals surface area contributed by atoms with Gasteiger partial charge in [0, 0.05) is 22.7 Å². The van der Waals surface area contributed by atoms with Crippen molar-refractivity contribution in [1.29, 1.82) is 0 Å². The van der Waals surface area contributed by atoms with Crippen molar-refractivity contribution in [1.82, 2.24) is 9.88 Å². The number of Topliss-reactive ketones (excluding diaryl/α,β-unsaturated/α-hetero) is 1. The molecule has 3 heteroatoms. The smallest absolute Gasteiger partial charge is 0.178 e. The number of aryl methyl sites for hydroxylation is 1. The molecule has 2 aromatic rings. The molecule has 1 N–H and O–H groups in total. The third kappa shape index (κ3) is 2.43. The van der Waals surface area contributed by atoms with Crippen molar-refractivity contribution >= 4 is 16.7 Å². The fraction of sp³-hybridized carbons (Fsp3) is 0.438. The number of likely N-dealkylation sites (tertiary alicyclic amines) is 1. The number of nitrogens with zero attached hydrogens (tertiary/aromatic N) is 1. The molecule has 2 heterocycles. The predicted octanol–water partition coefficient (Wildman–Crippen LogP) is 3.14. The maximum atomic E-state index is 12.5. The van der Waals surface area contributed by atoms with E-state index >= 15 is 0 Å². The van der Waals surface area contributed by atoms with Gasteiger partial charge in [-0.1, -0.05) is 18.6 Å². The molecule has 0 spiro atoms. The molecule has 0 unspecified atom stereocenters. The third-order valence-corrected chi connectivity index (χ3v) is 4.03. The van der Waals surface area contributed by atoms with Gasteiger partial charge in [-0.25, -0.2) is 0 Å². The highest BCUT2D eigenvalue weighted by Crippen LogP contribution is 2.23. The molecule has 0 radical (unpaired) electrons. The number of carbonyl (C=O) groups is 1. The van der Waals surface area contributed by atoms with Gasteiger partial charge in [0.15, 0.2) is 5.78 Å². The van der Waals surface area contributed by atoms with Crippen LogP contribution in [0.25, 0.3) is 10.9 Å². The number of hydrogen-bond acceptors (Lipinski definition) is 2. The lowest BCUT2D eigenvalue weighted by atomic mass is 10.0. The normalized spacial score (nSPS) is 16.9. The summed E-state index contributed by atoms with van der Waals surface area (Å²) in [4.78, 5) is 18.0. The number of benzene rings is 1. The average Bonchev–Trinajstić information content (AvgIpc) is 2.85. The zero-order chi connectivity index (χ0) is 13.2. The summed E-state index contributed by atoms with van der Waals surface area (Å²) in [7, 11) is 0. The Balaban J connectivity index is 1.85. The van der Waals surface area contributed by atoms with E-state index in [1.807, 2.05) is 18.3 Å². The molecule has 0 atom stereocenters. The molecule has 1 aliphatic rings. The molecule has 1 aromatic carbocycles. The van der Waals surface area contributed by atoms with Gasteiger partial charge in [0.2, 0.25) is 0 Å². The van der Waals surface area contributed by atoms with Crippen LogP contribution in [0.15, 0.2) is 24.4 Å². The third-order valence-electron chi connectivity index (χ3n) is 4.03. The molecular formula is C16H20N2O. The molecule has 3 rings (SSSR count). The van der Waals surface area contributed by atoms with Gasteiger partial charge < -0.3 is 4.98 Å². The lowest BCUT2D eigenvalue weighted by Gasteiger charge is -2.25. The summed E-state index contributed by atoms with van der Waals surface area (Å²) in [6.45, 7) is 4.75. The molecule has 0 aliphatic carbocycles. The second-order valence-corrected chi connectivity index (χ2v) is 5.46. The number of hydrogen-bond donors (Lipinski definition) is 1. The fourth-order valence-corrected chi connectivity index (χ4v) is 2.99. The summed E-state index contributed by atoms with van der Waals surface area (Å²) in [5.41, 5.74) is 3.07. The molecule has 3 nitrogen and oxygen atoms in total. The van der Waals surface area contributed by atoms with Crippen molar-refractivity contribution in [3.05, 3.63) is 35.5 Å². The van der Waals surface area contributed by atoms with Crippen LogP contribution in [-0.4, -0.2) is 35.3 Å². The number of aromatic nitrogens is 1. The number of H-pyrrole nitrogens is 1. The summed E-state index contributed by atoms with van der Waals surface area (Å²) in [6, 6.07) is 6.11. The highest BCUT2D eigenvalue weighted by molar-refractivity contribution is 6.09. The molecule has 1 aromatic heterocycles. The number of nitrogens with one attached hydrogen (secondary N) is 1. The second kappa shape index (κ2) is 5.17. The first kappa shape index (κ1) is 12.4. The van der Waals surface area contributed by atoms with Crippen LogP contribution in [0.5, 0.6) is 0 Å². The van der Waals surface area contributed by atoms with E-state index in [1.54, 1.807) is 0 Å². The number of aromatic amines is 1. The standard InChI is InChI=1S/C16H20N2O/c1-12-6-5-7-14-16(12)13(10-17-14)15(19)11-18-8-3-2-4-9-18/h5-7,10,17H,2-4,8-9,11H2,1H3. The summed E-state index contributed by atoms with van der Waals surface area (Å²) in [6.07, 6.45) is 5.61. The van der Waals surface area contributed by atoms with Crippen LogP contribution < -0.4 is 0 Å². The summed E-state index contributed by atoms with van der Waals surface area (Å²) >= 11 is 0. The lowest BCUT2D eigenvalue weighted by molar-refractivity contribution is 0.0917. The Kier molecular flexibility index (Phi) is 3.38. The first-order valence-corrected chi connectivity index (χ1v) is 7.08. The van der Waals surface area contributed by atoms with Gasteiger partial charge in [-0.2, -0.15) is 0 Å². The predicted molar refractivity (Wildman–Crippen MR) is 77.7 cm³/mol. The number of ketones is 1. The van der Waals surface area contributed by atoms with Crippen molar-refractivity contribution in [2.24, 2.45) is 0 Å². The first-order valence-electron chi connectivity index (χ1n) is 7.08. The molecule has 19 heavy (non-hydrogen) atoms. The van der Waals surface area contributed by atoms with E-state index < -0.39 is 0 Å². The highest BCUT2D eigenvalue weighted by Gasteiger charge is 2.18. The van der Waals surface area contributed by atoms with Crippen LogP contribution >= 0.6 is 0 Å². The number of fused-ring (bicyclic) bond motifs is 1. The van der Waals surface area contributed by atoms with Crippen LogP contribution in [0, 0.1) is 6.92 Å². The largest absolute Gasteiger partial charge is 0.360 e. The number of carbonyl (C=O) groups excluding carboxylic acids is 1. The fourth-order valence-electron chi connectivity index (χ4n) is 2.99. The van der Waals surface area contributed by atoms with Crippen molar-refractivity contribution in [3.63, 3.8) is 0 Å². The topological polar surface area (TPSA) is 36.1 Å². The monoisotopic (exact) mass is 256 g/mol. The van der Waals surface area contributed by atoms with Crippen LogP contribution in [-0.2, 0) is 0 Å². The molecule has 1 saturated heterocycles. The molecule has 1 aliphatic heterocycles. The lowest BCUT2D eigenvalue weighted by Crippen LogP contribution is -2.34. The minimum atomic E-state index is 0.238. The summed E-state index contributed by atoms with van der Waals surface area (Å²) in [5, 5.41) is 1.09. The van der Waals surface area contributed by atoms with Gasteiger partial charge in [-0.15, -0.1) is 0 Å². The van der Waals surface area contributed by atoms with E-state index in [2.05, 4.69) is 22.9 Å². The SMILES string of the molecule is Cc1cccc2[nH]cc(C(=O)CN3CCCCC3)c12. The van der Waals surface area contributed by atoms with Crippen molar-refractivity contribution in [2.75, 3.05) is 19.6 Å². The Bertz CT molecular complexity index is 594. The second-order valence-electron chi connectivity index (χ2n) is 5.46. The summed E-state index contributed by atoms with van der Waals surface area (Å²) < 4.78 is 0. The number of piperidine rings is 1. The minimum absolute atomic E-state index is 0.238. The highest BCUT2D eigenvalue weighted by atomic mass is 16.1. The van der Waals surface area contributed by atoms with E-state index in [4.69, 9.17) is 0 Å². The van der Waals surface area contributed by atoms with Crippen molar-refractivity contribution in [3.8, 4) is 0 Å². The van der Waals surface area contributed by atoms with E-state index in [9.17, 15) is 4.79 Å². The van der Waals surface area contributed by atoms with Gasteiger partial charge in [-0.05, 0) is 44.5 Å². The maximum Gasteiger partial charge on any atom is 0.178 e. The minimum Gasteiger partial charge on any atom is -0.360 e. The van der Waals surface area contributed by atoms with E-state index in [0.717, 1.165) is 29.6 Å². The zero-order valence-corrected chi connectivity index (χ0v) is 11.4. The van der Waals surface area contributed by atoms with Gasteiger partial charge in [-0.3, -0.25) is 9.69 Å². The van der Waals surface area contributed by atoms with Gasteiger partial charge >= 0.3 is 0 Å². The molecule has 0 amide bonds. The molecule has 1 fully saturated rings. The Morgan fingerprint density at radius 3 is 2.84 bits per heavy atom. The molecule has 100 valence electrons. The molecular weight excluding hydrogens is 236 g/mol. The van der Waals surface area contributed by atoms with Crippen LogP contribution in [0.2, 0.25) is 0 Å². The molecule has 0 saturated carbocycles. The average molecular weight is 256 g/mol. The van der Waals surface area contributed by atoms with Crippen LogP contribution in [0.4, 0.5) is 0 Å². The maximum absolute atomic E-state index is 12.5. The Labute approximate surface area is 113 Å². The van der Waals surface area contributed by atoms with E-state index in [1.165, 1.54) is 24.8 Å². The Hall–Kier alpha value is -1.61. The Morgan fingerprint density at radius 2 is 2.05 bits per heavy atom. The quantitative estimate of drug-likeness (QED) is 0.856. The van der Waals surface area contributed by atoms with Gasteiger partial charge in [0.25, 0.3) is 0 Å². The first-order chi connectivity index (χ1) is 9.25. The van der Waals surface area contributed by atoms with E-state index in [0.29, 0.717) is 6.54 Å².